The zero-order valence-electron chi connectivity index (χ0n) is 14.3. The molecule has 24 heavy (non-hydrogen) atoms. The molecule has 5 heteroatoms. The Morgan fingerprint density at radius 3 is 2.96 bits per heavy atom. The van der Waals surface area contributed by atoms with Gasteiger partial charge < -0.3 is 14.4 Å². The van der Waals surface area contributed by atoms with Crippen LogP contribution >= 0.6 is 0 Å². The predicted octanol–water partition coefficient (Wildman–Crippen LogP) is 3.40. The van der Waals surface area contributed by atoms with E-state index in [0.717, 1.165) is 31.4 Å². The molecule has 1 unspecified atom stereocenters. The Kier molecular flexibility index (Phi) is 6.68. The molecule has 1 heterocycles. The Balaban J connectivity index is 2.07. The van der Waals surface area contributed by atoms with Crippen LogP contribution in [0.4, 0.5) is 0 Å². The number of hydrogen-bond acceptors (Lipinski definition) is 4. The van der Waals surface area contributed by atoms with Gasteiger partial charge in [-0.1, -0.05) is 13.0 Å². The lowest BCUT2D eigenvalue weighted by molar-refractivity contribution is -0.129. The summed E-state index contributed by atoms with van der Waals surface area (Å²) in [6.45, 7) is 2.94. The Morgan fingerprint density at radius 1 is 1.42 bits per heavy atom. The number of nitrogens with zero attached hydrogens (tertiary/aromatic N) is 2. The number of amides is 1. The summed E-state index contributed by atoms with van der Waals surface area (Å²) in [5.74, 6) is 1.12. The van der Waals surface area contributed by atoms with Gasteiger partial charge in [0.1, 0.15) is 6.07 Å². The number of hydrogen-bond donors (Lipinski definition) is 0. The smallest absolute Gasteiger partial charge is 0.246 e. The second kappa shape index (κ2) is 8.97. The minimum Gasteiger partial charge on any atom is -0.493 e. The molecule has 0 radical (unpaired) electrons. The van der Waals surface area contributed by atoms with Crippen molar-refractivity contribution in [2.75, 3.05) is 20.3 Å². The number of carbonyl (C=O) groups excluding carboxylic acids is 1. The summed E-state index contributed by atoms with van der Waals surface area (Å²) in [7, 11) is 1.55. The van der Waals surface area contributed by atoms with E-state index in [1.54, 1.807) is 31.4 Å². The summed E-state index contributed by atoms with van der Waals surface area (Å²) < 4.78 is 10.6. The van der Waals surface area contributed by atoms with Crippen LogP contribution in [0.25, 0.3) is 6.08 Å². The van der Waals surface area contributed by atoms with Crippen molar-refractivity contribution in [2.24, 2.45) is 0 Å². The summed E-state index contributed by atoms with van der Waals surface area (Å²) in [5.41, 5.74) is 0.856. The second-order valence-electron chi connectivity index (χ2n) is 5.78. The lowest BCUT2D eigenvalue weighted by atomic mass is 10.00. The fourth-order valence-corrected chi connectivity index (χ4v) is 3.00. The quantitative estimate of drug-likeness (QED) is 0.751. The Hall–Kier alpha value is -2.48. The van der Waals surface area contributed by atoms with E-state index in [-0.39, 0.29) is 12.5 Å². The van der Waals surface area contributed by atoms with Crippen molar-refractivity contribution in [3.8, 4) is 17.6 Å². The van der Waals surface area contributed by atoms with E-state index in [1.165, 1.54) is 6.42 Å². The molecule has 1 amide bonds. The number of ether oxygens (including phenoxy) is 2. The Bertz CT molecular complexity index is 634. The van der Waals surface area contributed by atoms with Gasteiger partial charge in [-0.15, -0.1) is 0 Å². The highest BCUT2D eigenvalue weighted by atomic mass is 16.5. The number of methoxy groups -OCH3 is 1. The molecule has 128 valence electrons. The lowest BCUT2D eigenvalue weighted by Crippen LogP contribution is -2.42. The van der Waals surface area contributed by atoms with Crippen molar-refractivity contribution < 1.29 is 14.3 Å². The average molecular weight is 328 g/mol. The maximum absolute atomic E-state index is 12.5. The first-order valence-electron chi connectivity index (χ1n) is 8.36. The van der Waals surface area contributed by atoms with Crippen molar-refractivity contribution >= 4 is 12.0 Å². The van der Waals surface area contributed by atoms with E-state index in [9.17, 15) is 4.79 Å². The third-order valence-corrected chi connectivity index (χ3v) is 4.28. The van der Waals surface area contributed by atoms with Crippen LogP contribution in [0.5, 0.6) is 11.5 Å². The zero-order chi connectivity index (χ0) is 17.4. The van der Waals surface area contributed by atoms with Gasteiger partial charge in [-0.25, -0.2) is 0 Å². The SMILES string of the molecule is CCC1CCCCN1C(=O)/C=C/c1ccc(OCC#N)c(OC)c1. The van der Waals surface area contributed by atoms with Crippen LogP contribution in [0.3, 0.4) is 0 Å². The molecule has 2 rings (SSSR count). The number of piperidine rings is 1. The van der Waals surface area contributed by atoms with Crippen molar-refractivity contribution in [1.82, 2.24) is 4.90 Å². The van der Waals surface area contributed by atoms with Gasteiger partial charge in [-0.05, 0) is 49.5 Å². The molecule has 1 saturated heterocycles. The van der Waals surface area contributed by atoms with Gasteiger partial charge in [-0.3, -0.25) is 4.79 Å². The molecule has 1 aromatic rings. The molecule has 0 bridgehead atoms. The third-order valence-electron chi connectivity index (χ3n) is 4.28. The zero-order valence-corrected chi connectivity index (χ0v) is 14.3. The number of carbonyl (C=O) groups is 1. The van der Waals surface area contributed by atoms with E-state index in [0.29, 0.717) is 17.5 Å². The topological polar surface area (TPSA) is 62.6 Å². The van der Waals surface area contributed by atoms with Crippen LogP contribution in [0.2, 0.25) is 0 Å². The molecule has 1 atom stereocenters. The minimum atomic E-state index is -0.0304. The highest BCUT2D eigenvalue weighted by molar-refractivity contribution is 5.92. The van der Waals surface area contributed by atoms with Crippen LogP contribution < -0.4 is 9.47 Å². The predicted molar refractivity (Wildman–Crippen MR) is 92.8 cm³/mol. The van der Waals surface area contributed by atoms with Crippen LogP contribution in [0, 0.1) is 11.3 Å². The summed E-state index contributed by atoms with van der Waals surface area (Å²) in [4.78, 5) is 14.4. The molecule has 0 aromatic heterocycles. The molecule has 0 saturated carbocycles. The van der Waals surface area contributed by atoms with Crippen molar-refractivity contribution in [3.05, 3.63) is 29.8 Å². The summed E-state index contributed by atoms with van der Waals surface area (Å²) in [5, 5.41) is 8.59. The van der Waals surface area contributed by atoms with Crippen molar-refractivity contribution in [2.45, 2.75) is 38.6 Å². The van der Waals surface area contributed by atoms with Crippen molar-refractivity contribution in [1.29, 1.82) is 5.26 Å². The first-order chi connectivity index (χ1) is 11.7. The van der Waals surface area contributed by atoms with E-state index in [1.807, 2.05) is 17.0 Å². The van der Waals surface area contributed by atoms with E-state index >= 15 is 0 Å². The second-order valence-corrected chi connectivity index (χ2v) is 5.78. The van der Waals surface area contributed by atoms with Gasteiger partial charge in [0, 0.05) is 18.7 Å². The highest BCUT2D eigenvalue weighted by Gasteiger charge is 2.23. The molecule has 1 aliphatic heterocycles. The first-order valence-corrected chi connectivity index (χ1v) is 8.36. The maximum atomic E-state index is 12.5. The molecule has 1 aliphatic rings. The van der Waals surface area contributed by atoms with Crippen LogP contribution in [-0.2, 0) is 4.79 Å². The number of nitriles is 1. The van der Waals surface area contributed by atoms with Gasteiger partial charge in [0.15, 0.2) is 18.1 Å². The Morgan fingerprint density at radius 2 is 2.25 bits per heavy atom. The Labute approximate surface area is 143 Å². The number of rotatable bonds is 6. The molecule has 5 nitrogen and oxygen atoms in total. The van der Waals surface area contributed by atoms with Gasteiger partial charge in [-0.2, -0.15) is 5.26 Å². The largest absolute Gasteiger partial charge is 0.493 e. The fourth-order valence-electron chi connectivity index (χ4n) is 3.00. The van der Waals surface area contributed by atoms with E-state index in [4.69, 9.17) is 14.7 Å². The molecular formula is C19H24N2O3. The van der Waals surface area contributed by atoms with Crippen molar-refractivity contribution in [3.63, 3.8) is 0 Å². The van der Waals surface area contributed by atoms with Gasteiger partial charge in [0.25, 0.3) is 0 Å². The monoisotopic (exact) mass is 328 g/mol. The van der Waals surface area contributed by atoms with Crippen LogP contribution in [-0.4, -0.2) is 37.1 Å². The standard InChI is InChI=1S/C19H24N2O3/c1-3-16-6-4-5-12-21(16)19(22)10-8-15-7-9-17(24-13-11-20)18(14-15)23-2/h7-10,14,16H,3-6,12-13H2,1-2H3/b10-8+. The molecule has 0 aliphatic carbocycles. The number of benzene rings is 1. The highest BCUT2D eigenvalue weighted by Crippen LogP contribution is 2.28. The van der Waals surface area contributed by atoms with Crippen LogP contribution in [0.1, 0.15) is 38.2 Å². The van der Waals surface area contributed by atoms with E-state index < -0.39 is 0 Å². The summed E-state index contributed by atoms with van der Waals surface area (Å²) in [6.07, 6.45) is 7.79. The minimum absolute atomic E-state index is 0.0304. The van der Waals surface area contributed by atoms with Gasteiger partial charge >= 0.3 is 0 Å². The third kappa shape index (κ3) is 4.51. The normalized spacial score (nSPS) is 17.5. The fraction of sp³-hybridized carbons (Fsp3) is 0.474. The maximum Gasteiger partial charge on any atom is 0.246 e. The lowest BCUT2D eigenvalue weighted by Gasteiger charge is -2.34. The molecule has 0 spiro atoms. The number of likely N-dealkylation sites (tertiary alicyclic amines) is 1. The summed E-state index contributed by atoms with van der Waals surface area (Å²) in [6, 6.07) is 7.66. The van der Waals surface area contributed by atoms with E-state index in [2.05, 4.69) is 6.92 Å². The van der Waals surface area contributed by atoms with Gasteiger partial charge in [0.05, 0.1) is 7.11 Å². The molecule has 1 aromatic carbocycles. The molecule has 0 N–H and O–H groups in total. The van der Waals surface area contributed by atoms with Gasteiger partial charge in [0.2, 0.25) is 5.91 Å². The first kappa shape index (κ1) is 17.9. The summed E-state index contributed by atoms with van der Waals surface area (Å²) >= 11 is 0. The van der Waals surface area contributed by atoms with Crippen LogP contribution in [0.15, 0.2) is 24.3 Å². The average Bonchev–Trinajstić information content (AvgIpc) is 2.64. The molecular weight excluding hydrogens is 304 g/mol. The molecule has 1 fully saturated rings.